The second kappa shape index (κ2) is 7.43. The van der Waals surface area contributed by atoms with E-state index in [1.165, 1.54) is 51.4 Å². The van der Waals surface area contributed by atoms with Crippen molar-refractivity contribution in [2.75, 3.05) is 19.8 Å². The quantitative estimate of drug-likeness (QED) is 0.808. The SMILES string of the molecule is NC(CC1CCCCCC1)C1CCOC2(CCOCC2)C1. The lowest BCUT2D eigenvalue weighted by atomic mass is 9.75. The van der Waals surface area contributed by atoms with Crippen LogP contribution < -0.4 is 5.73 Å². The molecule has 0 amide bonds. The number of hydrogen-bond acceptors (Lipinski definition) is 3. The lowest BCUT2D eigenvalue weighted by molar-refractivity contribution is -0.149. The first-order valence-corrected chi connectivity index (χ1v) is 9.25. The zero-order valence-corrected chi connectivity index (χ0v) is 13.5. The smallest absolute Gasteiger partial charge is 0.0729 e. The highest BCUT2D eigenvalue weighted by atomic mass is 16.5. The highest BCUT2D eigenvalue weighted by Crippen LogP contribution is 2.39. The Balaban J connectivity index is 1.52. The van der Waals surface area contributed by atoms with Crippen molar-refractivity contribution in [1.29, 1.82) is 0 Å². The van der Waals surface area contributed by atoms with E-state index in [1.807, 2.05) is 0 Å². The fraction of sp³-hybridized carbons (Fsp3) is 1.00. The lowest BCUT2D eigenvalue weighted by Gasteiger charge is -2.45. The maximum Gasteiger partial charge on any atom is 0.0729 e. The van der Waals surface area contributed by atoms with Crippen LogP contribution in [0.15, 0.2) is 0 Å². The minimum atomic E-state index is 0.0994. The van der Waals surface area contributed by atoms with Gasteiger partial charge in [-0.1, -0.05) is 38.5 Å². The van der Waals surface area contributed by atoms with E-state index in [-0.39, 0.29) is 5.60 Å². The molecule has 3 heteroatoms. The molecule has 0 radical (unpaired) electrons. The number of hydrogen-bond donors (Lipinski definition) is 1. The Morgan fingerprint density at radius 1 is 0.952 bits per heavy atom. The molecule has 0 aromatic heterocycles. The van der Waals surface area contributed by atoms with Crippen molar-refractivity contribution in [3.63, 3.8) is 0 Å². The van der Waals surface area contributed by atoms with Crippen LogP contribution in [-0.2, 0) is 9.47 Å². The molecule has 2 unspecified atom stereocenters. The fourth-order valence-corrected chi connectivity index (χ4v) is 4.70. The van der Waals surface area contributed by atoms with Crippen LogP contribution in [0, 0.1) is 11.8 Å². The van der Waals surface area contributed by atoms with Gasteiger partial charge in [-0.05, 0) is 43.9 Å². The number of nitrogens with two attached hydrogens (primary N) is 1. The summed E-state index contributed by atoms with van der Waals surface area (Å²) in [5, 5.41) is 0. The van der Waals surface area contributed by atoms with Crippen molar-refractivity contribution in [3.8, 4) is 0 Å². The Morgan fingerprint density at radius 3 is 2.38 bits per heavy atom. The molecule has 3 nitrogen and oxygen atoms in total. The van der Waals surface area contributed by atoms with E-state index in [0.29, 0.717) is 12.0 Å². The monoisotopic (exact) mass is 295 g/mol. The molecule has 122 valence electrons. The Morgan fingerprint density at radius 2 is 1.67 bits per heavy atom. The molecule has 3 fully saturated rings. The summed E-state index contributed by atoms with van der Waals surface area (Å²) in [4.78, 5) is 0. The second-order valence-corrected chi connectivity index (χ2v) is 7.65. The van der Waals surface area contributed by atoms with Crippen molar-refractivity contribution < 1.29 is 9.47 Å². The summed E-state index contributed by atoms with van der Waals surface area (Å²) in [5.41, 5.74) is 6.73. The summed E-state index contributed by atoms with van der Waals surface area (Å²) in [5.74, 6) is 1.55. The predicted octanol–water partition coefficient (Wildman–Crippen LogP) is 3.65. The van der Waals surface area contributed by atoms with Gasteiger partial charge in [0.05, 0.1) is 5.60 Å². The van der Waals surface area contributed by atoms with Crippen molar-refractivity contribution >= 4 is 0 Å². The van der Waals surface area contributed by atoms with Crippen LogP contribution in [0.25, 0.3) is 0 Å². The van der Waals surface area contributed by atoms with Crippen molar-refractivity contribution in [1.82, 2.24) is 0 Å². The summed E-state index contributed by atoms with van der Waals surface area (Å²) < 4.78 is 11.7. The van der Waals surface area contributed by atoms with Crippen LogP contribution >= 0.6 is 0 Å². The second-order valence-electron chi connectivity index (χ2n) is 7.65. The van der Waals surface area contributed by atoms with E-state index in [0.717, 1.165) is 45.0 Å². The van der Waals surface area contributed by atoms with Crippen LogP contribution in [0.1, 0.15) is 70.6 Å². The zero-order chi connectivity index (χ0) is 14.5. The summed E-state index contributed by atoms with van der Waals surface area (Å²) in [6, 6.07) is 0.386. The normalized spacial score (nSPS) is 32.7. The molecule has 1 aliphatic carbocycles. The highest BCUT2D eigenvalue weighted by Gasteiger charge is 2.40. The molecule has 2 N–H and O–H groups in total. The summed E-state index contributed by atoms with van der Waals surface area (Å²) >= 11 is 0. The molecule has 2 heterocycles. The summed E-state index contributed by atoms with van der Waals surface area (Å²) in [7, 11) is 0. The van der Waals surface area contributed by atoms with Crippen LogP contribution in [0.4, 0.5) is 0 Å². The minimum Gasteiger partial charge on any atom is -0.381 e. The first-order chi connectivity index (χ1) is 10.3. The van der Waals surface area contributed by atoms with Gasteiger partial charge in [-0.2, -0.15) is 0 Å². The molecule has 3 aliphatic rings. The topological polar surface area (TPSA) is 44.5 Å². The molecular formula is C18H33NO2. The molecule has 0 aromatic carbocycles. The van der Waals surface area contributed by atoms with Crippen LogP contribution in [0.3, 0.4) is 0 Å². The molecule has 2 aliphatic heterocycles. The van der Waals surface area contributed by atoms with E-state index in [2.05, 4.69) is 0 Å². The van der Waals surface area contributed by atoms with Gasteiger partial charge in [-0.15, -0.1) is 0 Å². The lowest BCUT2D eigenvalue weighted by Crippen LogP contribution is -2.48. The van der Waals surface area contributed by atoms with Gasteiger partial charge in [0.25, 0.3) is 0 Å². The van der Waals surface area contributed by atoms with Crippen molar-refractivity contribution in [2.45, 2.75) is 82.3 Å². The van der Waals surface area contributed by atoms with E-state index in [9.17, 15) is 0 Å². The molecular weight excluding hydrogens is 262 g/mol. The average molecular weight is 295 g/mol. The van der Waals surface area contributed by atoms with E-state index in [1.54, 1.807) is 0 Å². The van der Waals surface area contributed by atoms with Crippen LogP contribution in [-0.4, -0.2) is 31.5 Å². The standard InChI is InChI=1S/C18H33NO2/c19-17(13-15-5-3-1-2-4-6-15)16-7-10-21-18(14-16)8-11-20-12-9-18/h15-17H,1-14,19H2. The van der Waals surface area contributed by atoms with E-state index < -0.39 is 0 Å². The van der Waals surface area contributed by atoms with Gasteiger partial charge in [0, 0.05) is 25.9 Å². The largest absolute Gasteiger partial charge is 0.381 e. The zero-order valence-electron chi connectivity index (χ0n) is 13.5. The maximum absolute atomic E-state index is 6.63. The van der Waals surface area contributed by atoms with E-state index >= 15 is 0 Å². The van der Waals surface area contributed by atoms with Gasteiger partial charge in [0.15, 0.2) is 0 Å². The fourth-order valence-electron chi connectivity index (χ4n) is 4.70. The Kier molecular flexibility index (Phi) is 5.58. The molecule has 3 rings (SSSR count). The molecule has 2 saturated heterocycles. The van der Waals surface area contributed by atoms with Gasteiger partial charge in [0.1, 0.15) is 0 Å². The third-order valence-corrected chi connectivity index (χ3v) is 6.12. The van der Waals surface area contributed by atoms with Crippen molar-refractivity contribution in [2.24, 2.45) is 17.6 Å². The number of ether oxygens (including phenoxy) is 2. The van der Waals surface area contributed by atoms with Crippen molar-refractivity contribution in [3.05, 3.63) is 0 Å². The predicted molar refractivity (Wildman–Crippen MR) is 85.2 cm³/mol. The molecule has 1 spiro atoms. The van der Waals surface area contributed by atoms with Crippen LogP contribution in [0.2, 0.25) is 0 Å². The van der Waals surface area contributed by atoms with Crippen LogP contribution in [0.5, 0.6) is 0 Å². The third kappa shape index (κ3) is 4.20. The van der Waals surface area contributed by atoms with E-state index in [4.69, 9.17) is 15.2 Å². The molecule has 0 aromatic rings. The molecule has 2 atom stereocenters. The Bertz CT molecular complexity index is 301. The number of rotatable bonds is 3. The van der Waals surface area contributed by atoms with Gasteiger partial charge >= 0.3 is 0 Å². The molecule has 21 heavy (non-hydrogen) atoms. The Hall–Kier alpha value is -0.120. The molecule has 0 bridgehead atoms. The van der Waals surface area contributed by atoms with Gasteiger partial charge in [0.2, 0.25) is 0 Å². The first kappa shape index (κ1) is 15.8. The minimum absolute atomic E-state index is 0.0994. The molecule has 1 saturated carbocycles. The first-order valence-electron chi connectivity index (χ1n) is 9.25. The average Bonchev–Trinajstić information content (AvgIpc) is 2.77. The van der Waals surface area contributed by atoms with Gasteiger partial charge in [-0.3, -0.25) is 0 Å². The summed E-state index contributed by atoms with van der Waals surface area (Å²) in [6.45, 7) is 2.64. The third-order valence-electron chi connectivity index (χ3n) is 6.12. The highest BCUT2D eigenvalue weighted by molar-refractivity contribution is 4.92. The Labute approximate surface area is 129 Å². The summed E-state index contributed by atoms with van der Waals surface area (Å²) in [6.07, 6.45) is 14.3. The maximum atomic E-state index is 6.63. The van der Waals surface area contributed by atoms with Gasteiger partial charge in [-0.25, -0.2) is 0 Å². The van der Waals surface area contributed by atoms with Gasteiger partial charge < -0.3 is 15.2 Å².